The maximum Gasteiger partial charge on any atom is 0.409 e. The van der Waals surface area contributed by atoms with Crippen LogP contribution in [0.1, 0.15) is 73.1 Å². The molecule has 1 unspecified atom stereocenters. The summed E-state index contributed by atoms with van der Waals surface area (Å²) in [5, 5.41) is 51.7. The van der Waals surface area contributed by atoms with Crippen LogP contribution in [0.4, 0.5) is 21.9 Å². The number of imide groups is 1. The molecule has 2 fully saturated rings. The van der Waals surface area contributed by atoms with E-state index in [1.807, 2.05) is 61.5 Å². The second-order valence-corrected chi connectivity index (χ2v) is 22.4. The van der Waals surface area contributed by atoms with E-state index in [-0.39, 0.29) is 113 Å². The Morgan fingerprint density at radius 2 is 1.52 bits per heavy atom. The average molecular weight is 1250 g/mol. The predicted molar refractivity (Wildman–Crippen MR) is 315 cm³/mol. The number of aliphatic carboxylic acids is 1. The first-order valence-electron chi connectivity index (χ1n) is 28.7. The van der Waals surface area contributed by atoms with Gasteiger partial charge in [0.1, 0.15) is 43.3 Å². The van der Waals surface area contributed by atoms with Crippen LogP contribution in [-0.2, 0) is 72.1 Å². The number of carboxylic acids is 1. The minimum absolute atomic E-state index is 0.0291. The number of nitrogens with one attached hydrogen (secondary N) is 3. The minimum atomic E-state index is -2.01. The number of hydroxylamine groups is 2. The number of ether oxygens (including phenoxy) is 5. The summed E-state index contributed by atoms with van der Waals surface area (Å²) in [6.07, 6.45) is -10.4. The molecule has 0 spiro atoms. The van der Waals surface area contributed by atoms with Gasteiger partial charge in [-0.3, -0.25) is 28.8 Å². The second kappa shape index (κ2) is 29.6. The van der Waals surface area contributed by atoms with Crippen LogP contribution in [0.2, 0.25) is 0 Å². The molecule has 0 aromatic heterocycles. The second-order valence-electron chi connectivity index (χ2n) is 22.1. The average Bonchev–Trinajstić information content (AvgIpc) is 1.97. The summed E-state index contributed by atoms with van der Waals surface area (Å²) in [5.41, 5.74) is 4.21. The number of aliphatic hydroxyl groups is 3. The molecule has 88 heavy (non-hydrogen) atoms. The molecule has 4 aliphatic rings. The van der Waals surface area contributed by atoms with Gasteiger partial charge in [-0.2, -0.15) is 0 Å². The number of aliphatic hydroxyl groups excluding tert-OH is 3. The number of unbranched alkanes of at least 4 members (excludes halogenated alkanes) is 1. The molecule has 0 saturated carbocycles. The van der Waals surface area contributed by atoms with Crippen molar-refractivity contribution in [2.75, 3.05) is 96.0 Å². The molecule has 4 aromatic carbocycles. The summed E-state index contributed by atoms with van der Waals surface area (Å²) in [6, 6.07) is 16.8. The van der Waals surface area contributed by atoms with Crippen LogP contribution in [0.5, 0.6) is 17.2 Å². The number of anilines is 3. The molecule has 4 aliphatic heterocycles. The Kier molecular flexibility index (Phi) is 22.1. The van der Waals surface area contributed by atoms with Gasteiger partial charge in [-0.25, -0.2) is 14.4 Å². The molecule has 28 heteroatoms. The number of hydrogen-bond acceptors (Lipinski definition) is 20. The lowest BCUT2D eigenvalue weighted by Crippen LogP contribution is -2.61. The van der Waals surface area contributed by atoms with E-state index in [4.69, 9.17) is 40.1 Å². The van der Waals surface area contributed by atoms with Crippen molar-refractivity contribution in [2.45, 2.75) is 107 Å². The Labute approximate surface area is 511 Å². The van der Waals surface area contributed by atoms with E-state index in [9.17, 15) is 63.6 Å². The first-order chi connectivity index (χ1) is 42.0. The van der Waals surface area contributed by atoms with Crippen molar-refractivity contribution < 1.29 is 92.1 Å². The number of halogens is 1. The zero-order chi connectivity index (χ0) is 63.5. The molecule has 0 aliphatic carbocycles. The van der Waals surface area contributed by atoms with E-state index < -0.39 is 78.4 Å². The van der Waals surface area contributed by atoms with Crippen LogP contribution >= 0.6 is 11.6 Å². The van der Waals surface area contributed by atoms with Gasteiger partial charge in [0, 0.05) is 115 Å². The number of benzene rings is 4. The van der Waals surface area contributed by atoms with Gasteiger partial charge < -0.3 is 84.5 Å². The fraction of sp³-hybridized carbons (Fsp3) is 0.483. The topological polar surface area (TPSA) is 342 Å². The zero-order valence-corrected chi connectivity index (χ0v) is 50.1. The fourth-order valence-electron chi connectivity index (χ4n) is 10.5. The standard InChI is InChI=1S/C60H73ClN8O19/c1-65(2)22-23-84-45-27-35-25-41(63-39(35)29-44(45)83-5)57(79)68-31-36(30-61)52-38-11-7-6-10-37(38)34(26-42(52)68)28-50(74)66(3)20-21-67(4)60(82)85-32-33-14-15-43(86-59-55(78)53(76)54(77)56(87-59)58(80)81)40(24-33)64-47(71)18-19-62-46(70)12-8-9-13-51(75)88-69-48(72)16-17-49(69)73/h6-7,10-11,14-15,24,26-27,29,36,41,53-56,59,63,76-78H,8-9,12-13,16-23,25,28,30-32H2,1-5H3,(H,62,70)(H,64,71)(H,80,81)/t36-,41?,53+,54+,55-,56+,59+/m1/s1. The van der Waals surface area contributed by atoms with Crippen LogP contribution in [0.25, 0.3) is 10.8 Å². The molecule has 474 valence electrons. The number of carbonyl (C=O) groups is 9. The van der Waals surface area contributed by atoms with Crippen molar-refractivity contribution in [1.29, 1.82) is 0 Å². The van der Waals surface area contributed by atoms with E-state index in [0.717, 1.165) is 27.6 Å². The van der Waals surface area contributed by atoms with Gasteiger partial charge in [-0.05, 0) is 84.2 Å². The van der Waals surface area contributed by atoms with Crippen molar-refractivity contribution in [3.63, 3.8) is 0 Å². The van der Waals surface area contributed by atoms with Crippen LogP contribution in [0.15, 0.2) is 60.7 Å². The Hall–Kier alpha value is -8.34. The normalized spacial score (nSPS) is 20.2. The third kappa shape index (κ3) is 15.9. The fourth-order valence-corrected chi connectivity index (χ4v) is 10.8. The molecule has 27 nitrogen and oxygen atoms in total. The predicted octanol–water partition coefficient (Wildman–Crippen LogP) is 2.65. The first-order valence-corrected chi connectivity index (χ1v) is 29.2. The summed E-state index contributed by atoms with van der Waals surface area (Å²) in [6.45, 7) is 1.14. The molecule has 4 heterocycles. The van der Waals surface area contributed by atoms with E-state index in [1.165, 1.54) is 35.0 Å². The number of hydrogen-bond donors (Lipinski definition) is 7. The number of amides is 7. The van der Waals surface area contributed by atoms with Crippen LogP contribution in [0, 0.1) is 0 Å². The molecular weight excluding hydrogens is 1170 g/mol. The summed E-state index contributed by atoms with van der Waals surface area (Å²) in [4.78, 5) is 127. The van der Waals surface area contributed by atoms with Crippen molar-refractivity contribution in [1.82, 2.24) is 25.1 Å². The SMILES string of the molecule is COc1cc2c(cc1OCCN(C)C)CC(C(=O)N1C[C@@H](CCl)c3c1cc(CC(=O)N(C)CCN(C)C(=O)OCc1ccc(O[C@H]4O[C@H](C(=O)O)[C@@H](O)[C@H](O)[C@H]4O)c(NC(=O)CCNC(=O)CCCCC(=O)ON4C(=O)CCC4=O)c1)c1ccccc31)N2. The van der Waals surface area contributed by atoms with Crippen LogP contribution in [-0.4, -0.2) is 211 Å². The minimum Gasteiger partial charge on any atom is -0.493 e. The number of nitrogens with zero attached hydrogens (tertiary/aromatic N) is 5. The number of fused-ring (bicyclic) bond motifs is 4. The smallest absolute Gasteiger partial charge is 0.409 e. The van der Waals surface area contributed by atoms with Crippen LogP contribution < -0.4 is 35.1 Å². The number of likely N-dealkylation sites (N-methyl/N-ethyl adjacent to an activating group) is 3. The maximum absolute atomic E-state index is 14.6. The third-order valence-corrected chi connectivity index (χ3v) is 15.8. The Bertz CT molecular complexity index is 3280. The molecule has 0 bridgehead atoms. The lowest BCUT2D eigenvalue weighted by Gasteiger charge is -2.38. The molecule has 7 amide bonds. The largest absolute Gasteiger partial charge is 0.493 e. The summed E-state index contributed by atoms with van der Waals surface area (Å²) in [5.74, 6) is -4.19. The van der Waals surface area contributed by atoms with Crippen molar-refractivity contribution in [3.05, 3.63) is 82.9 Å². The Morgan fingerprint density at radius 1 is 0.807 bits per heavy atom. The van der Waals surface area contributed by atoms with Gasteiger partial charge in [-0.1, -0.05) is 30.3 Å². The Morgan fingerprint density at radius 3 is 2.23 bits per heavy atom. The Balaban J connectivity index is 0.863. The first kappa shape index (κ1) is 65.6. The molecule has 0 radical (unpaired) electrons. The van der Waals surface area contributed by atoms with Gasteiger partial charge in [0.15, 0.2) is 17.6 Å². The van der Waals surface area contributed by atoms with E-state index in [0.29, 0.717) is 59.5 Å². The number of methoxy groups -OCH3 is 1. The van der Waals surface area contributed by atoms with Gasteiger partial charge in [0.25, 0.3) is 11.8 Å². The van der Waals surface area contributed by atoms with Gasteiger partial charge >= 0.3 is 18.0 Å². The van der Waals surface area contributed by atoms with Crippen molar-refractivity contribution in [2.24, 2.45) is 0 Å². The van der Waals surface area contributed by atoms with E-state index in [2.05, 4.69) is 16.0 Å². The van der Waals surface area contributed by atoms with Crippen LogP contribution in [0.3, 0.4) is 0 Å². The number of carboxylic acid groups (broad SMARTS) is 1. The van der Waals surface area contributed by atoms with E-state index >= 15 is 0 Å². The highest BCUT2D eigenvalue weighted by Gasteiger charge is 2.48. The van der Waals surface area contributed by atoms with Gasteiger partial charge in [-0.15, -0.1) is 16.7 Å². The molecule has 2 saturated heterocycles. The van der Waals surface area contributed by atoms with Crippen molar-refractivity contribution >= 4 is 92.9 Å². The van der Waals surface area contributed by atoms with Gasteiger partial charge in [0.2, 0.25) is 29.9 Å². The molecule has 4 aromatic rings. The number of rotatable bonds is 27. The molecule has 7 atom stereocenters. The quantitative estimate of drug-likeness (QED) is 0.0256. The van der Waals surface area contributed by atoms with Gasteiger partial charge in [0.05, 0.1) is 19.2 Å². The summed E-state index contributed by atoms with van der Waals surface area (Å²) < 4.78 is 28.3. The maximum atomic E-state index is 14.6. The highest BCUT2D eigenvalue weighted by molar-refractivity contribution is 6.19. The molecule has 7 N–H and O–H groups in total. The highest BCUT2D eigenvalue weighted by atomic mass is 35.5. The lowest BCUT2D eigenvalue weighted by atomic mass is 9.92. The molecular formula is C60H73ClN8O19. The molecule has 8 rings (SSSR count). The zero-order valence-electron chi connectivity index (χ0n) is 49.4. The number of carbonyl (C=O) groups excluding carboxylic acids is 8. The monoisotopic (exact) mass is 1240 g/mol. The highest BCUT2D eigenvalue weighted by Crippen LogP contribution is 2.45. The van der Waals surface area contributed by atoms with E-state index in [1.54, 1.807) is 19.1 Å². The summed E-state index contributed by atoms with van der Waals surface area (Å²) >= 11 is 6.62. The number of alkyl halides is 1. The lowest BCUT2D eigenvalue weighted by molar-refractivity contribution is -0.271. The summed E-state index contributed by atoms with van der Waals surface area (Å²) in [7, 11) is 8.58. The van der Waals surface area contributed by atoms with Crippen molar-refractivity contribution in [3.8, 4) is 17.2 Å². The third-order valence-electron chi connectivity index (χ3n) is 15.4.